The first-order chi connectivity index (χ1) is 15.4. The van der Waals surface area contributed by atoms with Gasteiger partial charge in [0.2, 0.25) is 0 Å². The summed E-state index contributed by atoms with van der Waals surface area (Å²) in [5, 5.41) is 4.47. The molecule has 2 heterocycles. The zero-order chi connectivity index (χ0) is 22.9. The summed E-state index contributed by atoms with van der Waals surface area (Å²) in [6.07, 6.45) is 2.78. The van der Waals surface area contributed by atoms with E-state index in [4.69, 9.17) is 21.1 Å². The highest BCUT2D eigenvalue weighted by Gasteiger charge is 2.60. The lowest BCUT2D eigenvalue weighted by atomic mass is 9.89. The maximum absolute atomic E-state index is 15.0. The van der Waals surface area contributed by atoms with Crippen LogP contribution in [0, 0.1) is 5.82 Å². The van der Waals surface area contributed by atoms with E-state index >= 15 is 0 Å². The Labute approximate surface area is 195 Å². The highest BCUT2D eigenvalue weighted by molar-refractivity contribution is 8.13. The zero-order valence-corrected chi connectivity index (χ0v) is 19.5. The average molecular weight is 476 g/mol. The molecule has 0 amide bonds. The Hall–Kier alpha value is -2.42. The molecule has 32 heavy (non-hydrogen) atoms. The van der Waals surface area contributed by atoms with E-state index in [-0.39, 0.29) is 6.54 Å². The van der Waals surface area contributed by atoms with Gasteiger partial charge in [0.05, 0.1) is 13.7 Å². The van der Waals surface area contributed by atoms with Crippen LogP contribution in [0.2, 0.25) is 5.02 Å². The van der Waals surface area contributed by atoms with Crippen LogP contribution in [0.5, 0.6) is 0 Å². The van der Waals surface area contributed by atoms with E-state index in [2.05, 4.69) is 36.1 Å². The first kappa shape index (κ1) is 22.8. The number of carbonyl (C=O) groups excluding carboxylic acids is 1. The summed E-state index contributed by atoms with van der Waals surface area (Å²) >= 11 is 7.02. The number of aromatic nitrogens is 3. The Morgan fingerprint density at radius 3 is 2.75 bits per heavy atom. The first-order valence-electron chi connectivity index (χ1n) is 10.3. The molecule has 4 rings (SSSR count). The summed E-state index contributed by atoms with van der Waals surface area (Å²) in [5.41, 5.74) is 2.79. The number of carbonyl (C=O) groups is 1. The topological polar surface area (TPSA) is 69.5 Å². The quantitative estimate of drug-likeness (QED) is 0.247. The summed E-state index contributed by atoms with van der Waals surface area (Å²) in [6, 6.07) is 10.7. The van der Waals surface area contributed by atoms with Gasteiger partial charge in [0.15, 0.2) is 5.16 Å². The van der Waals surface area contributed by atoms with Crippen LogP contribution in [0.25, 0.3) is 0 Å². The van der Waals surface area contributed by atoms with Gasteiger partial charge in [0.1, 0.15) is 23.8 Å². The van der Waals surface area contributed by atoms with E-state index in [9.17, 15) is 9.18 Å². The minimum Gasteiger partial charge on any atom is -0.461 e. The fourth-order valence-electron chi connectivity index (χ4n) is 4.01. The van der Waals surface area contributed by atoms with Crippen molar-refractivity contribution in [1.29, 1.82) is 0 Å². The van der Waals surface area contributed by atoms with Crippen molar-refractivity contribution in [1.82, 2.24) is 14.8 Å². The molecule has 1 aromatic heterocycles. The highest BCUT2D eigenvalue weighted by Crippen LogP contribution is 2.59. The third kappa shape index (κ3) is 4.27. The molecule has 0 radical (unpaired) electrons. The Balaban J connectivity index is 1.75. The number of hydrogen-bond donors (Lipinski definition) is 0. The van der Waals surface area contributed by atoms with Gasteiger partial charge in [-0.3, -0.25) is 0 Å². The van der Waals surface area contributed by atoms with Gasteiger partial charge < -0.3 is 9.47 Å². The molecule has 0 bridgehead atoms. The van der Waals surface area contributed by atoms with Crippen molar-refractivity contribution in [2.45, 2.75) is 50.1 Å². The van der Waals surface area contributed by atoms with Crippen molar-refractivity contribution in [2.24, 2.45) is 0 Å². The molecule has 0 aliphatic carbocycles. The molecule has 2 unspecified atom stereocenters. The number of nitrogens with zero attached hydrogens (tertiary/aromatic N) is 3. The Morgan fingerprint density at radius 2 is 2.03 bits per heavy atom. The fraction of sp³-hybridized carbons (Fsp3) is 0.348. The number of methoxy groups -OCH3 is 1. The predicted octanol–water partition coefficient (Wildman–Crippen LogP) is 5.72. The smallest absolute Gasteiger partial charge is 0.374 e. The van der Waals surface area contributed by atoms with E-state index in [0.717, 1.165) is 30.2 Å². The number of thioether (sulfide) groups is 1. The van der Waals surface area contributed by atoms with Crippen LogP contribution in [-0.4, -0.2) is 27.2 Å². The van der Waals surface area contributed by atoms with Gasteiger partial charge in [-0.05, 0) is 47.7 Å². The number of aryl methyl sites for hydroxylation is 2. The van der Waals surface area contributed by atoms with Crippen LogP contribution in [0.1, 0.15) is 42.2 Å². The van der Waals surface area contributed by atoms with Gasteiger partial charge in [-0.25, -0.2) is 18.9 Å². The van der Waals surface area contributed by atoms with Crippen molar-refractivity contribution in [3.8, 4) is 0 Å². The summed E-state index contributed by atoms with van der Waals surface area (Å²) in [6.45, 7) is 4.39. The Bertz CT molecular complexity index is 1160. The fourth-order valence-corrected chi connectivity index (χ4v) is 4.73. The van der Waals surface area contributed by atoms with Gasteiger partial charge in [-0.15, -0.1) is 0 Å². The minimum atomic E-state index is -1.03. The van der Waals surface area contributed by atoms with Crippen molar-refractivity contribution < 1.29 is 18.7 Å². The minimum absolute atomic E-state index is 0.158. The first-order valence-corrected chi connectivity index (χ1v) is 11.5. The number of ether oxygens (including phenoxy) is 2. The number of epoxide rings is 1. The third-order valence-electron chi connectivity index (χ3n) is 5.68. The lowest BCUT2D eigenvalue weighted by Crippen LogP contribution is -2.22. The van der Waals surface area contributed by atoms with E-state index in [1.54, 1.807) is 6.07 Å². The van der Waals surface area contributed by atoms with Gasteiger partial charge in [-0.1, -0.05) is 43.6 Å². The normalized spacial score (nSPS) is 19.7. The molecule has 3 aromatic rings. The van der Waals surface area contributed by atoms with Gasteiger partial charge in [0.25, 0.3) is 0 Å². The maximum atomic E-state index is 15.0. The van der Waals surface area contributed by atoms with Crippen molar-refractivity contribution in [3.05, 3.63) is 75.8 Å². The number of rotatable bonds is 7. The molecule has 9 heteroatoms. The van der Waals surface area contributed by atoms with Crippen LogP contribution >= 0.6 is 23.4 Å². The summed E-state index contributed by atoms with van der Waals surface area (Å²) in [4.78, 5) is 15.9. The Morgan fingerprint density at radius 1 is 1.25 bits per heavy atom. The van der Waals surface area contributed by atoms with Crippen LogP contribution in [0.3, 0.4) is 0 Å². The Kier molecular flexibility index (Phi) is 6.55. The molecule has 1 saturated heterocycles. The number of benzene rings is 2. The second-order valence-corrected chi connectivity index (χ2v) is 8.84. The molecule has 0 spiro atoms. The molecule has 6 nitrogen and oxygen atoms in total. The molecule has 1 aliphatic rings. The standard InChI is InChI=1S/C23H23ClFN3O3S/c1-4-14-6-7-16(10-15(14)5-2)20-23(31-20,18-11-17(24)8-9-19(18)25)12-28-21(26-13-27-28)32-22(29)30-3/h6-11,13,20H,4-5,12H2,1-3H3. The van der Waals surface area contributed by atoms with Crippen molar-refractivity contribution in [3.63, 3.8) is 0 Å². The second-order valence-electron chi connectivity index (χ2n) is 7.50. The molecule has 1 aliphatic heterocycles. The monoisotopic (exact) mass is 475 g/mol. The van der Waals surface area contributed by atoms with Gasteiger partial charge in [0, 0.05) is 22.3 Å². The van der Waals surface area contributed by atoms with Crippen LogP contribution in [-0.2, 0) is 34.5 Å². The molecular formula is C23H23ClFN3O3S. The van der Waals surface area contributed by atoms with Crippen molar-refractivity contribution >= 4 is 28.7 Å². The lowest BCUT2D eigenvalue weighted by Gasteiger charge is -2.17. The third-order valence-corrected chi connectivity index (χ3v) is 6.75. The second kappa shape index (κ2) is 9.21. The number of halogens is 2. The van der Waals surface area contributed by atoms with Gasteiger partial charge in [-0.2, -0.15) is 5.10 Å². The SMILES string of the molecule is CCc1ccc(C2OC2(Cn2ncnc2SC(=O)OC)c2cc(Cl)ccc2F)cc1CC. The van der Waals surface area contributed by atoms with Crippen LogP contribution < -0.4 is 0 Å². The number of hydrogen-bond acceptors (Lipinski definition) is 6. The lowest BCUT2D eigenvalue weighted by molar-refractivity contribution is 0.200. The molecule has 0 saturated carbocycles. The van der Waals surface area contributed by atoms with Crippen LogP contribution in [0.4, 0.5) is 9.18 Å². The molecule has 1 fully saturated rings. The largest absolute Gasteiger partial charge is 0.461 e. The zero-order valence-electron chi connectivity index (χ0n) is 18.0. The van der Waals surface area contributed by atoms with Gasteiger partial charge >= 0.3 is 5.30 Å². The molecule has 2 aromatic carbocycles. The maximum Gasteiger partial charge on any atom is 0.374 e. The molecule has 0 N–H and O–H groups in total. The van der Waals surface area contributed by atoms with Crippen molar-refractivity contribution in [2.75, 3.05) is 7.11 Å². The molecule has 2 atom stereocenters. The molecular weight excluding hydrogens is 453 g/mol. The molecule has 168 valence electrons. The van der Waals surface area contributed by atoms with E-state index in [1.807, 2.05) is 6.07 Å². The average Bonchev–Trinajstić information content (AvgIpc) is 3.37. The highest BCUT2D eigenvalue weighted by atomic mass is 35.5. The van der Waals surface area contributed by atoms with E-state index in [0.29, 0.717) is 15.7 Å². The summed E-state index contributed by atoms with van der Waals surface area (Å²) in [7, 11) is 1.30. The summed E-state index contributed by atoms with van der Waals surface area (Å²) in [5.74, 6) is -0.417. The summed E-state index contributed by atoms with van der Waals surface area (Å²) < 4.78 is 27.5. The van der Waals surface area contributed by atoms with E-state index < -0.39 is 22.8 Å². The van der Waals surface area contributed by atoms with E-state index in [1.165, 1.54) is 41.4 Å². The van der Waals surface area contributed by atoms with Crippen LogP contribution in [0.15, 0.2) is 47.9 Å². The predicted molar refractivity (Wildman–Crippen MR) is 120 cm³/mol.